The number of rotatable bonds is 8. The van der Waals surface area contributed by atoms with Gasteiger partial charge >= 0.3 is 0 Å². The van der Waals surface area contributed by atoms with Crippen LogP contribution in [0.15, 0.2) is 30.5 Å². The zero-order valence-electron chi connectivity index (χ0n) is 15.4. The van der Waals surface area contributed by atoms with Crippen LogP contribution in [-0.4, -0.2) is 34.2 Å². The summed E-state index contributed by atoms with van der Waals surface area (Å²) in [5.41, 5.74) is 1.88. The second-order valence-corrected chi connectivity index (χ2v) is 6.13. The van der Waals surface area contributed by atoms with Crippen LogP contribution >= 0.6 is 0 Å². The lowest BCUT2D eigenvalue weighted by molar-refractivity contribution is -0.121. The van der Waals surface area contributed by atoms with Crippen molar-refractivity contribution in [3.8, 4) is 5.69 Å². The second kappa shape index (κ2) is 9.12. The number of hydrogen-bond acceptors (Lipinski definition) is 3. The first-order valence-corrected chi connectivity index (χ1v) is 8.86. The molecule has 140 valence electrons. The molecule has 0 aliphatic carbocycles. The van der Waals surface area contributed by atoms with Crippen LogP contribution in [0.25, 0.3) is 5.69 Å². The van der Waals surface area contributed by atoms with Gasteiger partial charge in [0.15, 0.2) is 0 Å². The van der Waals surface area contributed by atoms with E-state index in [2.05, 4.69) is 15.7 Å². The van der Waals surface area contributed by atoms with Gasteiger partial charge in [0.05, 0.1) is 23.1 Å². The molecular weight excluding hydrogens is 335 g/mol. The topological polar surface area (TPSA) is 76.0 Å². The van der Waals surface area contributed by atoms with Gasteiger partial charge in [0, 0.05) is 19.0 Å². The van der Waals surface area contributed by atoms with Gasteiger partial charge in [-0.1, -0.05) is 13.8 Å². The zero-order chi connectivity index (χ0) is 19.1. The van der Waals surface area contributed by atoms with Crippen LogP contribution in [0.5, 0.6) is 0 Å². The van der Waals surface area contributed by atoms with Crippen molar-refractivity contribution in [2.24, 2.45) is 0 Å². The SMILES string of the molecule is CCc1c(C(=O)NCCC(=O)NC(C)CC)cnn1-c1ccc(F)cc1. The van der Waals surface area contributed by atoms with Crippen LogP contribution in [0.3, 0.4) is 0 Å². The summed E-state index contributed by atoms with van der Waals surface area (Å²) in [4.78, 5) is 24.2. The van der Waals surface area contributed by atoms with Crippen molar-refractivity contribution in [2.45, 2.75) is 46.1 Å². The molecule has 1 aromatic carbocycles. The molecule has 0 spiro atoms. The predicted molar refractivity (Wildman–Crippen MR) is 97.7 cm³/mol. The molecule has 2 rings (SSSR count). The molecule has 1 aromatic heterocycles. The molecule has 0 aliphatic heterocycles. The Labute approximate surface area is 152 Å². The maximum Gasteiger partial charge on any atom is 0.254 e. The summed E-state index contributed by atoms with van der Waals surface area (Å²) < 4.78 is 14.7. The highest BCUT2D eigenvalue weighted by Crippen LogP contribution is 2.16. The van der Waals surface area contributed by atoms with Gasteiger partial charge < -0.3 is 10.6 Å². The van der Waals surface area contributed by atoms with Gasteiger partial charge in [0.2, 0.25) is 5.91 Å². The number of carbonyl (C=O) groups is 2. The third kappa shape index (κ3) is 4.91. The second-order valence-electron chi connectivity index (χ2n) is 6.13. The average molecular weight is 360 g/mol. The fraction of sp³-hybridized carbons (Fsp3) is 0.421. The lowest BCUT2D eigenvalue weighted by atomic mass is 10.2. The van der Waals surface area contributed by atoms with Gasteiger partial charge in [0.1, 0.15) is 5.82 Å². The molecule has 0 fully saturated rings. The minimum Gasteiger partial charge on any atom is -0.354 e. The van der Waals surface area contributed by atoms with Gasteiger partial charge in [-0.15, -0.1) is 0 Å². The number of hydrogen-bond donors (Lipinski definition) is 2. The van der Waals surface area contributed by atoms with E-state index in [4.69, 9.17) is 0 Å². The summed E-state index contributed by atoms with van der Waals surface area (Å²) in [5.74, 6) is -0.684. The number of halogens is 1. The molecule has 0 aliphatic rings. The number of nitrogens with one attached hydrogen (secondary N) is 2. The Kier molecular flexibility index (Phi) is 6.89. The molecule has 26 heavy (non-hydrogen) atoms. The van der Waals surface area contributed by atoms with Gasteiger partial charge in [0.25, 0.3) is 5.91 Å². The van der Waals surface area contributed by atoms with Crippen LogP contribution in [0.2, 0.25) is 0 Å². The number of benzene rings is 1. The van der Waals surface area contributed by atoms with Crippen molar-refractivity contribution in [3.63, 3.8) is 0 Å². The van der Waals surface area contributed by atoms with Crippen molar-refractivity contribution >= 4 is 11.8 Å². The Bertz CT molecular complexity index is 755. The number of nitrogens with zero attached hydrogens (tertiary/aromatic N) is 2. The van der Waals surface area contributed by atoms with E-state index in [-0.39, 0.29) is 36.6 Å². The Balaban J connectivity index is 2.01. The van der Waals surface area contributed by atoms with E-state index >= 15 is 0 Å². The minimum absolute atomic E-state index is 0.0858. The molecular formula is C19H25FN4O2. The summed E-state index contributed by atoms with van der Waals surface area (Å²) in [7, 11) is 0. The summed E-state index contributed by atoms with van der Waals surface area (Å²) in [6.07, 6.45) is 3.18. The molecule has 1 unspecified atom stereocenters. The number of aromatic nitrogens is 2. The standard InChI is InChI=1S/C19H25FN4O2/c1-4-13(3)23-18(25)10-11-21-19(26)16-12-22-24(17(16)5-2)15-8-6-14(20)7-9-15/h6-9,12-13H,4-5,10-11H2,1-3H3,(H,21,26)(H,23,25). The highest BCUT2D eigenvalue weighted by molar-refractivity contribution is 5.95. The van der Waals surface area contributed by atoms with Gasteiger partial charge in [-0.05, 0) is 44.0 Å². The Morgan fingerprint density at radius 2 is 1.92 bits per heavy atom. The highest BCUT2D eigenvalue weighted by atomic mass is 19.1. The Hall–Kier alpha value is -2.70. The summed E-state index contributed by atoms with van der Waals surface area (Å²) >= 11 is 0. The quantitative estimate of drug-likeness (QED) is 0.760. The molecule has 0 saturated heterocycles. The third-order valence-electron chi connectivity index (χ3n) is 4.18. The van der Waals surface area contributed by atoms with Crippen LogP contribution in [0.1, 0.15) is 49.7 Å². The molecule has 1 heterocycles. The Morgan fingerprint density at radius 3 is 2.54 bits per heavy atom. The molecule has 0 saturated carbocycles. The van der Waals surface area contributed by atoms with Gasteiger partial charge in [-0.2, -0.15) is 5.10 Å². The maximum absolute atomic E-state index is 13.1. The largest absolute Gasteiger partial charge is 0.354 e. The molecule has 6 nitrogen and oxygen atoms in total. The summed E-state index contributed by atoms with van der Waals surface area (Å²) in [6, 6.07) is 6.06. The molecule has 7 heteroatoms. The first-order valence-electron chi connectivity index (χ1n) is 8.86. The lowest BCUT2D eigenvalue weighted by Gasteiger charge is -2.11. The van der Waals surface area contributed by atoms with Crippen LogP contribution < -0.4 is 10.6 Å². The fourth-order valence-corrected chi connectivity index (χ4v) is 2.54. The van der Waals surface area contributed by atoms with Crippen molar-refractivity contribution in [2.75, 3.05) is 6.54 Å². The van der Waals surface area contributed by atoms with E-state index in [1.54, 1.807) is 16.8 Å². The van der Waals surface area contributed by atoms with E-state index in [9.17, 15) is 14.0 Å². The van der Waals surface area contributed by atoms with Gasteiger partial charge in [-0.25, -0.2) is 9.07 Å². The molecule has 2 N–H and O–H groups in total. The summed E-state index contributed by atoms with van der Waals surface area (Å²) in [6.45, 7) is 6.12. The van der Waals surface area contributed by atoms with E-state index < -0.39 is 0 Å². The van der Waals surface area contributed by atoms with Crippen molar-refractivity contribution in [3.05, 3.63) is 47.5 Å². The number of carbonyl (C=O) groups excluding carboxylic acids is 2. The fourth-order valence-electron chi connectivity index (χ4n) is 2.54. The normalized spacial score (nSPS) is 11.8. The van der Waals surface area contributed by atoms with E-state index in [0.717, 1.165) is 12.1 Å². The molecule has 1 atom stereocenters. The molecule has 2 amide bonds. The molecule has 2 aromatic rings. The minimum atomic E-state index is -0.326. The highest BCUT2D eigenvalue weighted by Gasteiger charge is 2.17. The smallest absolute Gasteiger partial charge is 0.254 e. The van der Waals surface area contributed by atoms with Crippen LogP contribution in [0.4, 0.5) is 4.39 Å². The zero-order valence-corrected chi connectivity index (χ0v) is 15.4. The van der Waals surface area contributed by atoms with E-state index in [0.29, 0.717) is 17.7 Å². The predicted octanol–water partition coefficient (Wildman–Crippen LogP) is 2.61. The maximum atomic E-state index is 13.1. The van der Waals surface area contributed by atoms with Crippen molar-refractivity contribution in [1.29, 1.82) is 0 Å². The van der Waals surface area contributed by atoms with Gasteiger partial charge in [-0.3, -0.25) is 9.59 Å². The van der Waals surface area contributed by atoms with E-state index in [1.807, 2.05) is 20.8 Å². The van der Waals surface area contributed by atoms with Crippen LogP contribution in [0, 0.1) is 5.82 Å². The van der Waals surface area contributed by atoms with Crippen molar-refractivity contribution < 1.29 is 14.0 Å². The van der Waals surface area contributed by atoms with Crippen molar-refractivity contribution in [1.82, 2.24) is 20.4 Å². The monoisotopic (exact) mass is 360 g/mol. The average Bonchev–Trinajstić information content (AvgIpc) is 3.06. The first kappa shape index (κ1) is 19.6. The van der Waals surface area contributed by atoms with Crippen LogP contribution in [-0.2, 0) is 11.2 Å². The summed E-state index contributed by atoms with van der Waals surface area (Å²) in [5, 5.41) is 9.87. The Morgan fingerprint density at radius 1 is 1.23 bits per heavy atom. The first-order chi connectivity index (χ1) is 12.5. The molecule has 0 bridgehead atoms. The van der Waals surface area contributed by atoms with E-state index in [1.165, 1.54) is 18.3 Å². The molecule has 0 radical (unpaired) electrons. The lowest BCUT2D eigenvalue weighted by Crippen LogP contribution is -2.35. The number of amides is 2. The third-order valence-corrected chi connectivity index (χ3v) is 4.18.